The fraction of sp³-hybridized carbons (Fsp3) is 0.385. The lowest BCUT2D eigenvalue weighted by molar-refractivity contribution is -0.120. The number of hydrogen-bond acceptors (Lipinski definition) is 2. The Morgan fingerprint density at radius 1 is 1.32 bits per heavy atom. The maximum atomic E-state index is 11.8. The van der Waals surface area contributed by atoms with Crippen LogP contribution in [0.4, 0.5) is 0 Å². The smallest absolute Gasteiger partial charge is 0.251 e. The van der Waals surface area contributed by atoms with Crippen molar-refractivity contribution in [2.24, 2.45) is 5.92 Å². The van der Waals surface area contributed by atoms with Gasteiger partial charge in [-0.15, -0.1) is 0 Å². The van der Waals surface area contributed by atoms with E-state index in [-0.39, 0.29) is 18.4 Å². The van der Waals surface area contributed by atoms with E-state index in [2.05, 4.69) is 26.6 Å². The molecule has 0 atom stereocenters. The summed E-state index contributed by atoms with van der Waals surface area (Å²) in [5, 5.41) is 5.81. The van der Waals surface area contributed by atoms with Gasteiger partial charge in [0.1, 0.15) is 0 Å². The van der Waals surface area contributed by atoms with Crippen molar-refractivity contribution in [2.45, 2.75) is 13.8 Å². The molecular weight excluding hydrogens is 332 g/mol. The molecule has 0 spiro atoms. The third kappa shape index (κ3) is 5.61. The first-order chi connectivity index (χ1) is 8.90. The Hall–Kier alpha value is -1.07. The highest BCUT2D eigenvalue weighted by molar-refractivity contribution is 9.10. The highest BCUT2D eigenvalue weighted by Crippen LogP contribution is 2.23. The van der Waals surface area contributed by atoms with Crippen LogP contribution in [0.25, 0.3) is 0 Å². The Labute approximate surface area is 126 Å². The van der Waals surface area contributed by atoms with Crippen LogP contribution in [0.15, 0.2) is 22.7 Å². The average Bonchev–Trinajstić information content (AvgIpc) is 2.36. The van der Waals surface area contributed by atoms with E-state index in [1.54, 1.807) is 18.2 Å². The average molecular weight is 348 g/mol. The number of carbonyl (C=O) groups is 2. The highest BCUT2D eigenvalue weighted by Gasteiger charge is 2.09. The topological polar surface area (TPSA) is 58.2 Å². The number of halogens is 2. The molecule has 0 bridgehead atoms. The van der Waals surface area contributed by atoms with E-state index in [1.165, 1.54) is 0 Å². The number of nitrogens with one attached hydrogen (secondary N) is 2. The number of carbonyl (C=O) groups excluding carboxylic acids is 2. The maximum absolute atomic E-state index is 11.8. The maximum Gasteiger partial charge on any atom is 0.251 e. The lowest BCUT2D eigenvalue weighted by atomic mass is 10.2. The summed E-state index contributed by atoms with van der Waals surface area (Å²) in [4.78, 5) is 23.2. The lowest BCUT2D eigenvalue weighted by Gasteiger charge is -2.09. The molecule has 0 saturated carbocycles. The van der Waals surface area contributed by atoms with Crippen molar-refractivity contribution in [1.82, 2.24) is 10.6 Å². The molecule has 0 aliphatic heterocycles. The summed E-state index contributed by atoms with van der Waals surface area (Å²) in [5.74, 6) is -0.126. The molecule has 104 valence electrons. The van der Waals surface area contributed by atoms with Crippen LogP contribution in [0, 0.1) is 5.92 Å². The van der Waals surface area contributed by atoms with Gasteiger partial charge in [0.15, 0.2) is 0 Å². The first kappa shape index (κ1) is 16.0. The predicted molar refractivity (Wildman–Crippen MR) is 79.3 cm³/mol. The summed E-state index contributed by atoms with van der Waals surface area (Å²) in [7, 11) is 0. The Bertz CT molecular complexity index is 478. The molecule has 2 amide bonds. The molecule has 19 heavy (non-hydrogen) atoms. The molecule has 2 N–H and O–H groups in total. The molecule has 1 aromatic carbocycles. The zero-order valence-electron chi connectivity index (χ0n) is 10.8. The molecule has 0 aliphatic rings. The van der Waals surface area contributed by atoms with E-state index in [0.717, 1.165) is 0 Å². The second kappa shape index (κ2) is 7.50. The lowest BCUT2D eigenvalue weighted by Crippen LogP contribution is -2.38. The van der Waals surface area contributed by atoms with Gasteiger partial charge in [0.25, 0.3) is 5.91 Å². The van der Waals surface area contributed by atoms with Gasteiger partial charge >= 0.3 is 0 Å². The minimum atomic E-state index is -0.308. The monoisotopic (exact) mass is 346 g/mol. The summed E-state index contributed by atoms with van der Waals surface area (Å²) < 4.78 is 0.645. The number of rotatable bonds is 5. The van der Waals surface area contributed by atoms with Gasteiger partial charge in [0.05, 0.1) is 11.6 Å². The van der Waals surface area contributed by atoms with Gasteiger partial charge in [-0.25, -0.2) is 0 Å². The van der Waals surface area contributed by atoms with Gasteiger partial charge in [0.2, 0.25) is 5.91 Å². The Morgan fingerprint density at radius 3 is 2.58 bits per heavy atom. The Kier molecular flexibility index (Phi) is 6.31. The van der Waals surface area contributed by atoms with Crippen molar-refractivity contribution in [3.05, 3.63) is 33.3 Å². The summed E-state index contributed by atoms with van der Waals surface area (Å²) in [6, 6.07) is 4.84. The highest BCUT2D eigenvalue weighted by atomic mass is 79.9. The fourth-order valence-electron chi connectivity index (χ4n) is 1.28. The van der Waals surface area contributed by atoms with Crippen molar-refractivity contribution in [1.29, 1.82) is 0 Å². The van der Waals surface area contributed by atoms with E-state index in [9.17, 15) is 9.59 Å². The largest absolute Gasteiger partial charge is 0.354 e. The molecule has 0 fully saturated rings. The van der Waals surface area contributed by atoms with Crippen LogP contribution < -0.4 is 10.6 Å². The minimum Gasteiger partial charge on any atom is -0.354 e. The first-order valence-electron chi connectivity index (χ1n) is 5.90. The van der Waals surface area contributed by atoms with Crippen molar-refractivity contribution in [2.75, 3.05) is 13.1 Å². The summed E-state index contributed by atoms with van der Waals surface area (Å²) >= 11 is 9.08. The molecule has 0 heterocycles. The van der Waals surface area contributed by atoms with E-state index < -0.39 is 0 Å². The minimum absolute atomic E-state index is 0.0359. The van der Waals surface area contributed by atoms with E-state index >= 15 is 0 Å². The summed E-state index contributed by atoms with van der Waals surface area (Å²) in [6.07, 6.45) is 0. The van der Waals surface area contributed by atoms with Gasteiger partial charge in [-0.1, -0.05) is 25.4 Å². The predicted octanol–water partition coefficient (Wildman–Crippen LogP) is 2.60. The fourth-order valence-corrected chi connectivity index (χ4v) is 1.78. The van der Waals surface area contributed by atoms with Crippen LogP contribution in [0.2, 0.25) is 5.02 Å². The van der Waals surface area contributed by atoms with Crippen molar-refractivity contribution >= 4 is 39.3 Å². The van der Waals surface area contributed by atoms with Crippen molar-refractivity contribution in [3.8, 4) is 0 Å². The molecule has 6 heteroatoms. The quantitative estimate of drug-likeness (QED) is 0.860. The van der Waals surface area contributed by atoms with E-state index in [0.29, 0.717) is 27.5 Å². The summed E-state index contributed by atoms with van der Waals surface area (Å²) in [5.41, 5.74) is 0.452. The molecule has 0 unspecified atom stereocenters. The molecule has 0 saturated heterocycles. The third-order valence-corrected chi connectivity index (χ3v) is 3.51. The van der Waals surface area contributed by atoms with Crippen LogP contribution in [-0.2, 0) is 4.79 Å². The summed E-state index contributed by atoms with van der Waals surface area (Å²) in [6.45, 7) is 4.57. The Morgan fingerprint density at radius 2 is 2.00 bits per heavy atom. The Balaban J connectivity index is 2.47. The van der Waals surface area contributed by atoms with Crippen molar-refractivity contribution < 1.29 is 9.59 Å². The first-order valence-corrected chi connectivity index (χ1v) is 7.07. The van der Waals surface area contributed by atoms with Gasteiger partial charge < -0.3 is 10.6 Å². The van der Waals surface area contributed by atoms with Gasteiger partial charge in [-0.2, -0.15) is 0 Å². The van der Waals surface area contributed by atoms with Crippen molar-refractivity contribution in [3.63, 3.8) is 0 Å². The third-order valence-electron chi connectivity index (χ3n) is 2.30. The second-order valence-electron chi connectivity index (χ2n) is 4.51. The molecular formula is C13H16BrClN2O2. The van der Waals surface area contributed by atoms with E-state index in [1.807, 2.05) is 13.8 Å². The van der Waals surface area contributed by atoms with E-state index in [4.69, 9.17) is 11.6 Å². The zero-order valence-corrected chi connectivity index (χ0v) is 13.1. The van der Waals surface area contributed by atoms with Gasteiger partial charge in [-0.05, 0) is 40.0 Å². The standard InChI is InChI=1S/C13H16BrClN2O2/c1-8(2)6-16-12(18)7-17-13(19)9-3-4-11(15)10(14)5-9/h3-5,8H,6-7H2,1-2H3,(H,16,18)(H,17,19). The SMILES string of the molecule is CC(C)CNC(=O)CNC(=O)c1ccc(Cl)c(Br)c1. The molecule has 0 radical (unpaired) electrons. The number of amides is 2. The zero-order chi connectivity index (χ0) is 14.4. The van der Waals surface area contributed by atoms with Crippen LogP contribution in [0.3, 0.4) is 0 Å². The second-order valence-corrected chi connectivity index (χ2v) is 5.77. The molecule has 0 aromatic heterocycles. The number of benzene rings is 1. The van der Waals surface area contributed by atoms with Crippen LogP contribution in [0.1, 0.15) is 24.2 Å². The van der Waals surface area contributed by atoms with Crippen LogP contribution in [0.5, 0.6) is 0 Å². The molecule has 1 aromatic rings. The van der Waals surface area contributed by atoms with Gasteiger partial charge in [-0.3, -0.25) is 9.59 Å². The molecule has 4 nitrogen and oxygen atoms in total. The number of hydrogen-bond donors (Lipinski definition) is 2. The van der Waals surface area contributed by atoms with Gasteiger partial charge in [0, 0.05) is 16.6 Å². The normalized spacial score (nSPS) is 10.4. The van der Waals surface area contributed by atoms with Crippen LogP contribution >= 0.6 is 27.5 Å². The molecule has 1 rings (SSSR count). The van der Waals surface area contributed by atoms with Crippen LogP contribution in [-0.4, -0.2) is 24.9 Å². The molecule has 0 aliphatic carbocycles.